The summed E-state index contributed by atoms with van der Waals surface area (Å²) in [4.78, 5) is 53.7. The van der Waals surface area contributed by atoms with Gasteiger partial charge in [0.25, 0.3) is 11.8 Å². The highest BCUT2D eigenvalue weighted by molar-refractivity contribution is 6.25. The molecule has 0 aromatic heterocycles. The van der Waals surface area contributed by atoms with E-state index in [0.29, 0.717) is 0 Å². The Hall–Kier alpha value is -2.94. The number of carbonyl (C=O) groups excluding carboxylic acids is 4. The van der Waals surface area contributed by atoms with Crippen LogP contribution in [0.15, 0.2) is 30.3 Å². The Morgan fingerprint density at radius 2 is 1.61 bits per heavy atom. The van der Waals surface area contributed by atoms with Crippen molar-refractivity contribution < 1.29 is 33.4 Å². The van der Waals surface area contributed by atoms with E-state index in [0.717, 1.165) is 10.5 Å². The number of hydrogen-bond donors (Lipinski definition) is 0. The zero-order chi connectivity index (χ0) is 22.6. The Morgan fingerprint density at radius 1 is 0.968 bits per heavy atom. The van der Waals surface area contributed by atoms with E-state index < -0.39 is 41.4 Å². The Labute approximate surface area is 181 Å². The number of hydrogen-bond acceptors (Lipinski definition) is 7. The predicted molar refractivity (Wildman–Crippen MR) is 109 cm³/mol. The number of rotatable bonds is 8. The van der Waals surface area contributed by atoms with Gasteiger partial charge in [-0.3, -0.25) is 19.3 Å². The Kier molecular flexibility index (Phi) is 6.94. The fourth-order valence-corrected chi connectivity index (χ4v) is 4.17. The number of esters is 1. The van der Waals surface area contributed by atoms with Crippen molar-refractivity contribution in [1.82, 2.24) is 9.80 Å². The van der Waals surface area contributed by atoms with E-state index in [1.54, 1.807) is 20.8 Å². The zero-order valence-electron chi connectivity index (χ0n) is 18.0. The summed E-state index contributed by atoms with van der Waals surface area (Å²) in [7, 11) is 0. The van der Waals surface area contributed by atoms with Gasteiger partial charge in [0.05, 0.1) is 25.2 Å². The number of amides is 3. The number of benzene rings is 1. The van der Waals surface area contributed by atoms with Gasteiger partial charge in [-0.2, -0.15) is 0 Å². The summed E-state index contributed by atoms with van der Waals surface area (Å²) in [6.45, 7) is 5.60. The molecule has 168 valence electrons. The summed E-state index contributed by atoms with van der Waals surface area (Å²) >= 11 is 0. The van der Waals surface area contributed by atoms with Crippen LogP contribution in [0.1, 0.15) is 26.3 Å². The van der Waals surface area contributed by atoms with E-state index in [2.05, 4.69) is 0 Å². The third-order valence-corrected chi connectivity index (χ3v) is 5.55. The Balaban J connectivity index is 1.85. The molecule has 2 fully saturated rings. The number of imide groups is 1. The van der Waals surface area contributed by atoms with Gasteiger partial charge in [0, 0.05) is 26.1 Å². The van der Waals surface area contributed by atoms with Crippen LogP contribution in [0.2, 0.25) is 0 Å². The topological polar surface area (TPSA) is 102 Å². The average molecular weight is 432 g/mol. The molecule has 31 heavy (non-hydrogen) atoms. The van der Waals surface area contributed by atoms with Crippen molar-refractivity contribution in [3.8, 4) is 0 Å². The highest BCUT2D eigenvalue weighted by Crippen LogP contribution is 2.38. The van der Waals surface area contributed by atoms with Gasteiger partial charge >= 0.3 is 12.1 Å². The van der Waals surface area contributed by atoms with Gasteiger partial charge < -0.3 is 19.1 Å². The molecule has 3 amide bonds. The average Bonchev–Trinajstić information content (AvgIpc) is 3.19. The van der Waals surface area contributed by atoms with Crippen LogP contribution in [-0.4, -0.2) is 78.2 Å². The summed E-state index contributed by atoms with van der Waals surface area (Å²) in [5, 5.41) is 0. The number of likely N-dealkylation sites (tertiary alicyclic amines) is 2. The highest BCUT2D eigenvalue weighted by atomic mass is 16.6. The maximum atomic E-state index is 13.3. The summed E-state index contributed by atoms with van der Waals surface area (Å²) < 4.78 is 15.8. The van der Waals surface area contributed by atoms with Crippen LogP contribution in [0.3, 0.4) is 0 Å². The second-order valence-corrected chi connectivity index (χ2v) is 7.43. The van der Waals surface area contributed by atoms with E-state index in [9.17, 15) is 19.2 Å². The number of β-lactam (4-membered cyclic amide) rings is 2. The maximum Gasteiger partial charge on any atom is 0.409 e. The lowest BCUT2D eigenvalue weighted by atomic mass is 9.81. The summed E-state index contributed by atoms with van der Waals surface area (Å²) in [6.07, 6.45) is -0.492. The van der Waals surface area contributed by atoms with Gasteiger partial charge in [0.1, 0.15) is 0 Å². The van der Waals surface area contributed by atoms with Crippen LogP contribution < -0.4 is 0 Å². The SMILES string of the molecule is CCOC(=O)C1CN(C(=O)OCC)CC1N1C(=O)C(Cc2ccccc2)(OCC)C1=O. The molecule has 9 heteroatoms. The van der Waals surface area contributed by atoms with Crippen LogP contribution in [0.4, 0.5) is 4.79 Å². The third-order valence-electron chi connectivity index (χ3n) is 5.55. The number of carbonyl (C=O) groups is 4. The molecule has 2 aliphatic rings. The minimum Gasteiger partial charge on any atom is -0.466 e. The molecule has 2 atom stereocenters. The number of ether oxygens (including phenoxy) is 3. The standard InChI is InChI=1S/C22H28N2O7/c1-4-29-18(25)16-13-23(21(28)30-5-2)14-17(16)24-19(26)22(20(24)27,31-6-3)12-15-10-8-7-9-11-15/h7-11,16-17H,4-6,12-14H2,1-3H3. The van der Waals surface area contributed by atoms with E-state index in [4.69, 9.17) is 14.2 Å². The Bertz CT molecular complexity index is 826. The molecule has 1 aromatic carbocycles. The highest BCUT2D eigenvalue weighted by Gasteiger charge is 2.66. The monoisotopic (exact) mass is 432 g/mol. The van der Waals surface area contributed by atoms with Gasteiger partial charge in [-0.05, 0) is 26.3 Å². The minimum absolute atomic E-state index is 0.00728. The molecular weight excluding hydrogens is 404 g/mol. The van der Waals surface area contributed by atoms with Crippen LogP contribution in [0.5, 0.6) is 0 Å². The van der Waals surface area contributed by atoms with E-state index in [1.165, 1.54) is 4.90 Å². The van der Waals surface area contributed by atoms with Crippen molar-refractivity contribution in [2.45, 2.75) is 38.8 Å². The van der Waals surface area contributed by atoms with Crippen LogP contribution in [0.25, 0.3) is 0 Å². The fraction of sp³-hybridized carbons (Fsp3) is 0.545. The van der Waals surface area contributed by atoms with Gasteiger partial charge in [0.15, 0.2) is 0 Å². The van der Waals surface area contributed by atoms with Gasteiger partial charge in [0.2, 0.25) is 5.60 Å². The molecule has 2 saturated heterocycles. The Morgan fingerprint density at radius 3 is 2.19 bits per heavy atom. The van der Waals surface area contributed by atoms with Crippen LogP contribution in [0, 0.1) is 5.92 Å². The quantitative estimate of drug-likeness (QED) is 0.347. The lowest BCUT2D eigenvalue weighted by molar-refractivity contribution is -0.200. The molecule has 3 rings (SSSR count). The van der Waals surface area contributed by atoms with Gasteiger partial charge in [-0.15, -0.1) is 0 Å². The van der Waals surface area contributed by atoms with Crippen molar-refractivity contribution in [3.05, 3.63) is 35.9 Å². The van der Waals surface area contributed by atoms with Crippen LogP contribution >= 0.6 is 0 Å². The normalized spacial score (nSPS) is 22.3. The lowest BCUT2D eigenvalue weighted by Crippen LogP contribution is -2.76. The molecular formula is C22H28N2O7. The molecule has 2 unspecified atom stereocenters. The summed E-state index contributed by atoms with van der Waals surface area (Å²) in [5.74, 6) is -2.41. The molecule has 2 aliphatic heterocycles. The second-order valence-electron chi connectivity index (χ2n) is 7.43. The van der Waals surface area contributed by atoms with E-state index in [-0.39, 0.29) is 39.3 Å². The first-order valence-corrected chi connectivity index (χ1v) is 10.5. The summed E-state index contributed by atoms with van der Waals surface area (Å²) in [6, 6.07) is 8.32. The van der Waals surface area contributed by atoms with E-state index in [1.807, 2.05) is 30.3 Å². The van der Waals surface area contributed by atoms with Crippen molar-refractivity contribution in [1.29, 1.82) is 0 Å². The third kappa shape index (κ3) is 4.14. The first-order valence-electron chi connectivity index (χ1n) is 10.5. The largest absolute Gasteiger partial charge is 0.466 e. The molecule has 9 nitrogen and oxygen atoms in total. The first kappa shape index (κ1) is 22.7. The van der Waals surface area contributed by atoms with Crippen molar-refractivity contribution in [2.24, 2.45) is 5.92 Å². The lowest BCUT2D eigenvalue weighted by Gasteiger charge is -2.48. The molecule has 0 N–H and O–H groups in total. The first-order chi connectivity index (χ1) is 14.9. The predicted octanol–water partition coefficient (Wildman–Crippen LogP) is 1.39. The molecule has 0 radical (unpaired) electrons. The summed E-state index contributed by atoms with van der Waals surface area (Å²) in [5.41, 5.74) is -0.828. The fourth-order valence-electron chi connectivity index (χ4n) is 4.17. The van der Waals surface area contributed by atoms with Gasteiger partial charge in [-0.25, -0.2) is 4.79 Å². The number of nitrogens with zero attached hydrogens (tertiary/aromatic N) is 2. The molecule has 1 aromatic rings. The van der Waals surface area contributed by atoms with E-state index >= 15 is 0 Å². The molecule has 0 aliphatic carbocycles. The smallest absolute Gasteiger partial charge is 0.409 e. The minimum atomic E-state index is -1.62. The van der Waals surface area contributed by atoms with Crippen molar-refractivity contribution in [2.75, 3.05) is 32.9 Å². The second kappa shape index (κ2) is 9.47. The molecule has 0 saturated carbocycles. The van der Waals surface area contributed by atoms with Crippen LogP contribution in [-0.2, 0) is 35.0 Å². The van der Waals surface area contributed by atoms with Crippen molar-refractivity contribution >= 4 is 23.9 Å². The van der Waals surface area contributed by atoms with Crippen molar-refractivity contribution in [3.63, 3.8) is 0 Å². The van der Waals surface area contributed by atoms with Gasteiger partial charge in [-0.1, -0.05) is 30.3 Å². The maximum absolute atomic E-state index is 13.3. The molecule has 0 spiro atoms. The molecule has 2 heterocycles. The molecule has 0 bridgehead atoms. The zero-order valence-corrected chi connectivity index (χ0v) is 18.0.